The summed E-state index contributed by atoms with van der Waals surface area (Å²) in [6.45, 7) is -0.158. The number of benzene rings is 3. The Morgan fingerprint density at radius 2 is 1.72 bits per heavy atom. The molecular weight excluding hydrogens is 461 g/mol. The summed E-state index contributed by atoms with van der Waals surface area (Å²) < 4.78 is 24.8. The van der Waals surface area contributed by atoms with Gasteiger partial charge in [0.05, 0.1) is 6.61 Å². The Labute approximate surface area is 210 Å². The predicted octanol–water partition coefficient (Wildman–Crippen LogP) is 3.54. The van der Waals surface area contributed by atoms with Gasteiger partial charge in [0, 0.05) is 31.6 Å². The lowest BCUT2D eigenvalue weighted by molar-refractivity contribution is -0.130. The summed E-state index contributed by atoms with van der Waals surface area (Å²) in [4.78, 5) is 18.6. The third-order valence-electron chi connectivity index (χ3n) is 5.87. The maximum absolute atomic E-state index is 13.7. The number of aliphatic imine (C=N–C) groups is 1. The van der Waals surface area contributed by atoms with E-state index in [9.17, 15) is 9.18 Å². The van der Waals surface area contributed by atoms with Crippen LogP contribution in [0.5, 0.6) is 5.75 Å². The summed E-state index contributed by atoms with van der Waals surface area (Å²) in [5.74, 6) is 0.587. The molecule has 0 unspecified atom stereocenters. The second kappa shape index (κ2) is 12.3. The number of carbonyl (C=O) groups excluding carboxylic acids is 1. The van der Waals surface area contributed by atoms with Crippen molar-refractivity contribution in [3.8, 4) is 5.75 Å². The maximum Gasteiger partial charge on any atom is 0.266 e. The van der Waals surface area contributed by atoms with Crippen LogP contribution in [0.3, 0.4) is 0 Å². The van der Waals surface area contributed by atoms with Crippen LogP contribution in [0.4, 0.5) is 4.39 Å². The molecule has 0 bridgehead atoms. The van der Waals surface area contributed by atoms with E-state index in [0.29, 0.717) is 30.2 Å². The normalized spacial score (nSPS) is 18.8. The highest BCUT2D eigenvalue weighted by molar-refractivity contribution is 6.01. The quantitative estimate of drug-likeness (QED) is 0.266. The van der Waals surface area contributed by atoms with Crippen molar-refractivity contribution in [1.82, 2.24) is 10.9 Å². The molecule has 188 valence electrons. The van der Waals surface area contributed by atoms with Crippen molar-refractivity contribution in [2.45, 2.75) is 24.5 Å². The number of halogens is 1. The molecule has 36 heavy (non-hydrogen) atoms. The van der Waals surface area contributed by atoms with Gasteiger partial charge >= 0.3 is 0 Å². The van der Waals surface area contributed by atoms with E-state index in [1.54, 1.807) is 12.1 Å². The van der Waals surface area contributed by atoms with E-state index in [2.05, 4.69) is 10.9 Å². The third-order valence-corrected chi connectivity index (χ3v) is 5.87. The van der Waals surface area contributed by atoms with Gasteiger partial charge in [-0.25, -0.2) is 14.8 Å². The van der Waals surface area contributed by atoms with Crippen molar-refractivity contribution in [1.29, 1.82) is 0 Å². The number of aliphatic hydroxyl groups excluding tert-OH is 1. The Bertz CT molecular complexity index is 1140. The molecule has 1 heterocycles. The predicted molar refractivity (Wildman–Crippen MR) is 135 cm³/mol. The molecule has 8 heteroatoms. The largest absolute Gasteiger partial charge is 0.494 e. The monoisotopic (exact) mass is 491 g/mol. The van der Waals surface area contributed by atoms with Crippen LogP contribution in [0, 0.1) is 0 Å². The van der Waals surface area contributed by atoms with Crippen molar-refractivity contribution in [3.63, 3.8) is 0 Å². The lowest BCUT2D eigenvalue weighted by atomic mass is 9.82. The van der Waals surface area contributed by atoms with Gasteiger partial charge in [0.1, 0.15) is 12.4 Å². The summed E-state index contributed by atoms with van der Waals surface area (Å²) in [5, 5.41) is 8.95. The van der Waals surface area contributed by atoms with Gasteiger partial charge in [-0.3, -0.25) is 10.2 Å². The minimum absolute atomic E-state index is 0.0155. The number of alkyl halides is 1. The Morgan fingerprint density at radius 1 is 1.03 bits per heavy atom. The van der Waals surface area contributed by atoms with Crippen molar-refractivity contribution < 1.29 is 23.8 Å². The molecule has 1 aliphatic rings. The topological polar surface area (TPSA) is 92.2 Å². The zero-order valence-electron chi connectivity index (χ0n) is 19.9. The molecule has 2 atom stereocenters. The molecule has 0 saturated carbocycles. The van der Waals surface area contributed by atoms with Gasteiger partial charge in [-0.2, -0.15) is 0 Å². The van der Waals surface area contributed by atoms with Gasteiger partial charge in [-0.1, -0.05) is 60.7 Å². The molecule has 3 aromatic rings. The van der Waals surface area contributed by atoms with E-state index in [1.165, 1.54) is 0 Å². The average Bonchev–Trinajstić information content (AvgIpc) is 3.31. The van der Waals surface area contributed by atoms with Crippen LogP contribution in [0.2, 0.25) is 0 Å². The lowest BCUT2D eigenvalue weighted by Crippen LogP contribution is -2.54. The minimum atomic E-state index is -1.34. The maximum atomic E-state index is 13.7. The first-order valence-corrected chi connectivity index (χ1v) is 11.9. The fraction of sp³-hybridized carbons (Fsp3) is 0.286. The van der Waals surface area contributed by atoms with Crippen molar-refractivity contribution in [3.05, 3.63) is 102 Å². The minimum Gasteiger partial charge on any atom is -0.494 e. The zero-order valence-corrected chi connectivity index (χ0v) is 19.9. The first kappa shape index (κ1) is 25.3. The SMILES string of the molecule is O=C(NNCCF)[C@@]1(Cc2ccccc2)N=C(c2ccc(OCCCO)cc2)O[C@H]1c1ccccc1. The average molecular weight is 492 g/mol. The molecular formula is C28H30FN3O4. The highest BCUT2D eigenvalue weighted by Gasteiger charge is 2.53. The van der Waals surface area contributed by atoms with Crippen LogP contribution in [-0.2, 0) is 16.0 Å². The van der Waals surface area contributed by atoms with E-state index < -0.39 is 24.2 Å². The number of aliphatic hydroxyl groups is 1. The number of hydrazine groups is 1. The summed E-state index contributed by atoms with van der Waals surface area (Å²) in [6.07, 6.45) is 0.119. The van der Waals surface area contributed by atoms with Crippen molar-refractivity contribution in [2.75, 3.05) is 26.4 Å². The number of nitrogens with one attached hydrogen (secondary N) is 2. The molecule has 3 aromatic carbocycles. The molecule has 0 aliphatic carbocycles. The van der Waals surface area contributed by atoms with Gasteiger partial charge in [0.25, 0.3) is 5.91 Å². The number of rotatable bonds is 12. The van der Waals surface area contributed by atoms with E-state index in [4.69, 9.17) is 19.6 Å². The molecule has 4 rings (SSSR count). The standard InChI is InChI=1S/C28H30FN3O4/c29-16-17-30-32-27(34)28(20-21-8-3-1-4-9-21)25(22-10-5-2-6-11-22)36-26(31-28)23-12-14-24(15-13-23)35-19-7-18-33/h1-6,8-15,25,30,33H,7,16-20H2,(H,32,34)/t25-,28-/m0/s1. The Morgan fingerprint density at radius 3 is 2.39 bits per heavy atom. The second-order valence-electron chi connectivity index (χ2n) is 8.43. The Balaban J connectivity index is 1.72. The Kier molecular flexibility index (Phi) is 8.65. The van der Waals surface area contributed by atoms with Crippen LogP contribution in [-0.4, -0.2) is 48.9 Å². The summed E-state index contributed by atoms with van der Waals surface area (Å²) in [5.41, 5.74) is 6.37. The molecule has 1 amide bonds. The van der Waals surface area contributed by atoms with Crippen LogP contribution in [0.25, 0.3) is 0 Å². The first-order valence-electron chi connectivity index (χ1n) is 11.9. The third kappa shape index (κ3) is 5.90. The molecule has 0 saturated heterocycles. The van der Waals surface area contributed by atoms with Gasteiger partial charge in [0.2, 0.25) is 5.90 Å². The molecule has 7 nitrogen and oxygen atoms in total. The van der Waals surface area contributed by atoms with Crippen LogP contribution < -0.4 is 15.6 Å². The lowest BCUT2D eigenvalue weighted by Gasteiger charge is -2.30. The summed E-state index contributed by atoms with van der Waals surface area (Å²) in [7, 11) is 0. The summed E-state index contributed by atoms with van der Waals surface area (Å²) >= 11 is 0. The number of ether oxygens (including phenoxy) is 2. The van der Waals surface area contributed by atoms with Gasteiger partial charge in [0.15, 0.2) is 11.6 Å². The molecule has 1 aliphatic heterocycles. The number of amides is 1. The fourth-order valence-corrected chi connectivity index (χ4v) is 4.12. The van der Waals surface area contributed by atoms with E-state index in [0.717, 1.165) is 11.1 Å². The van der Waals surface area contributed by atoms with Crippen LogP contribution in [0.1, 0.15) is 29.2 Å². The van der Waals surface area contributed by atoms with Gasteiger partial charge < -0.3 is 14.6 Å². The fourth-order valence-electron chi connectivity index (χ4n) is 4.12. The highest BCUT2D eigenvalue weighted by atomic mass is 19.1. The van der Waals surface area contributed by atoms with E-state index in [1.807, 2.05) is 72.8 Å². The number of hydrogen-bond acceptors (Lipinski definition) is 6. The number of hydrogen-bond donors (Lipinski definition) is 3. The molecule has 0 spiro atoms. The van der Waals surface area contributed by atoms with Gasteiger partial charge in [-0.05, 0) is 35.4 Å². The van der Waals surface area contributed by atoms with E-state index in [-0.39, 0.29) is 19.6 Å². The Hall–Kier alpha value is -3.75. The zero-order chi connectivity index (χ0) is 25.2. The highest BCUT2D eigenvalue weighted by Crippen LogP contribution is 2.42. The molecule has 0 radical (unpaired) electrons. The smallest absolute Gasteiger partial charge is 0.266 e. The van der Waals surface area contributed by atoms with Crippen molar-refractivity contribution >= 4 is 11.8 Å². The van der Waals surface area contributed by atoms with Crippen molar-refractivity contribution in [2.24, 2.45) is 4.99 Å². The van der Waals surface area contributed by atoms with Crippen LogP contribution >= 0.6 is 0 Å². The van der Waals surface area contributed by atoms with E-state index >= 15 is 0 Å². The number of nitrogens with zero attached hydrogens (tertiary/aromatic N) is 1. The number of carbonyl (C=O) groups is 1. The first-order chi connectivity index (χ1) is 17.7. The second-order valence-corrected chi connectivity index (χ2v) is 8.43. The molecule has 0 fully saturated rings. The summed E-state index contributed by atoms with van der Waals surface area (Å²) in [6, 6.07) is 26.4. The molecule has 3 N–H and O–H groups in total. The van der Waals surface area contributed by atoms with Gasteiger partial charge in [-0.15, -0.1) is 0 Å². The molecule has 0 aromatic heterocycles. The van der Waals surface area contributed by atoms with Crippen LogP contribution in [0.15, 0.2) is 89.9 Å².